The van der Waals surface area contributed by atoms with Crippen LogP contribution in [0.4, 0.5) is 11.8 Å². The number of hydrogen-bond donors (Lipinski definition) is 2. The number of nitrogens with two attached hydrogens (primary N) is 1. The van der Waals surface area contributed by atoms with Crippen molar-refractivity contribution in [3.63, 3.8) is 0 Å². The second-order valence-corrected chi connectivity index (χ2v) is 5.46. The summed E-state index contributed by atoms with van der Waals surface area (Å²) in [4.78, 5) is 10.4. The molecule has 0 saturated heterocycles. The van der Waals surface area contributed by atoms with Gasteiger partial charge in [-0.05, 0) is 26.0 Å². The Morgan fingerprint density at radius 2 is 2.18 bits per heavy atom. The van der Waals surface area contributed by atoms with Crippen molar-refractivity contribution in [3.8, 4) is 0 Å². The van der Waals surface area contributed by atoms with E-state index in [0.717, 1.165) is 0 Å². The summed E-state index contributed by atoms with van der Waals surface area (Å²) in [7, 11) is 0. The monoisotopic (exact) mass is 268 g/mol. The lowest BCUT2D eigenvalue weighted by molar-refractivity contribution is 0.894. The number of nitrogens with zero attached hydrogens (tertiary/aromatic N) is 2. The Balaban J connectivity index is 2.15. The van der Waals surface area contributed by atoms with Gasteiger partial charge in [0.25, 0.3) is 0 Å². The molecule has 2 heterocycles. The highest BCUT2D eigenvalue weighted by atomic mass is 35.5. The fourth-order valence-corrected chi connectivity index (χ4v) is 2.56. The second-order valence-electron chi connectivity index (χ2n) is 3.75. The van der Waals surface area contributed by atoms with E-state index in [1.165, 1.54) is 9.75 Å². The van der Waals surface area contributed by atoms with Crippen molar-refractivity contribution in [2.24, 2.45) is 0 Å². The van der Waals surface area contributed by atoms with Crippen LogP contribution in [0.3, 0.4) is 0 Å². The third-order valence-electron chi connectivity index (χ3n) is 2.26. The molecule has 17 heavy (non-hydrogen) atoms. The third-order valence-corrected chi connectivity index (χ3v) is 3.64. The predicted octanol–water partition coefficient (Wildman–Crippen LogP) is 3.26. The molecule has 2 aromatic rings. The molecule has 0 aliphatic rings. The van der Waals surface area contributed by atoms with E-state index in [1.54, 1.807) is 17.4 Å². The zero-order valence-electron chi connectivity index (χ0n) is 9.57. The number of hydrogen-bond acceptors (Lipinski definition) is 5. The van der Waals surface area contributed by atoms with Gasteiger partial charge >= 0.3 is 0 Å². The third kappa shape index (κ3) is 3.08. The fourth-order valence-electron chi connectivity index (χ4n) is 1.49. The lowest BCUT2D eigenvalue weighted by Crippen LogP contribution is -2.08. The Hall–Kier alpha value is -1.33. The Bertz CT molecular complexity index is 506. The molecule has 2 rings (SSSR count). The molecular weight excluding hydrogens is 256 g/mol. The van der Waals surface area contributed by atoms with Crippen molar-refractivity contribution in [2.75, 3.05) is 11.1 Å². The molecule has 0 amide bonds. The van der Waals surface area contributed by atoms with Crippen molar-refractivity contribution in [3.05, 3.63) is 33.1 Å². The first-order valence-corrected chi connectivity index (χ1v) is 6.37. The minimum atomic E-state index is 0.166. The maximum atomic E-state index is 5.82. The van der Waals surface area contributed by atoms with Gasteiger partial charge in [-0.3, -0.25) is 0 Å². The molecule has 0 saturated carbocycles. The summed E-state index contributed by atoms with van der Waals surface area (Å²) in [6, 6.07) is 6.03. The zero-order chi connectivity index (χ0) is 12.4. The molecule has 0 bridgehead atoms. The summed E-state index contributed by atoms with van der Waals surface area (Å²) in [5.74, 6) is 0.815. The largest absolute Gasteiger partial charge is 0.368 e. The molecule has 1 unspecified atom stereocenters. The van der Waals surface area contributed by atoms with Crippen LogP contribution in [0.5, 0.6) is 0 Å². The number of anilines is 2. The lowest BCUT2D eigenvalue weighted by Gasteiger charge is -2.13. The van der Waals surface area contributed by atoms with Crippen LogP contribution in [-0.2, 0) is 0 Å². The van der Waals surface area contributed by atoms with Gasteiger partial charge in [-0.1, -0.05) is 11.6 Å². The summed E-state index contributed by atoms with van der Waals surface area (Å²) in [5.41, 5.74) is 5.53. The first-order valence-electron chi connectivity index (χ1n) is 5.17. The smallest absolute Gasteiger partial charge is 0.223 e. The molecule has 0 spiro atoms. The van der Waals surface area contributed by atoms with Crippen LogP contribution >= 0.6 is 22.9 Å². The van der Waals surface area contributed by atoms with Gasteiger partial charge in [0.1, 0.15) is 11.0 Å². The van der Waals surface area contributed by atoms with Crippen molar-refractivity contribution in [1.29, 1.82) is 0 Å². The summed E-state index contributed by atoms with van der Waals surface area (Å²) >= 11 is 7.57. The molecule has 4 nitrogen and oxygen atoms in total. The molecule has 0 fully saturated rings. The zero-order valence-corrected chi connectivity index (χ0v) is 11.1. The first kappa shape index (κ1) is 12.1. The highest BCUT2D eigenvalue weighted by Gasteiger charge is 2.09. The fraction of sp³-hybridized carbons (Fsp3) is 0.273. The Morgan fingerprint density at radius 1 is 1.41 bits per heavy atom. The maximum Gasteiger partial charge on any atom is 0.223 e. The predicted molar refractivity (Wildman–Crippen MR) is 72.5 cm³/mol. The first-order chi connectivity index (χ1) is 8.04. The van der Waals surface area contributed by atoms with Gasteiger partial charge in [0.2, 0.25) is 5.95 Å². The SMILES string of the molecule is Cc1ccc(C(C)Nc2cc(Cl)nc(N)n2)s1. The molecule has 90 valence electrons. The van der Waals surface area contributed by atoms with Crippen molar-refractivity contribution in [1.82, 2.24) is 9.97 Å². The van der Waals surface area contributed by atoms with Gasteiger partial charge in [0.15, 0.2) is 0 Å². The number of nitrogens with one attached hydrogen (secondary N) is 1. The number of aryl methyl sites for hydroxylation is 1. The normalized spacial score (nSPS) is 12.4. The van der Waals surface area contributed by atoms with Gasteiger partial charge in [0, 0.05) is 15.8 Å². The van der Waals surface area contributed by atoms with Gasteiger partial charge in [0.05, 0.1) is 6.04 Å². The number of thiophene rings is 1. The van der Waals surface area contributed by atoms with Gasteiger partial charge in [-0.15, -0.1) is 11.3 Å². The molecule has 0 aromatic carbocycles. The molecule has 0 aliphatic carbocycles. The van der Waals surface area contributed by atoms with Gasteiger partial charge in [-0.2, -0.15) is 4.98 Å². The Kier molecular flexibility index (Phi) is 3.49. The van der Waals surface area contributed by atoms with Crippen molar-refractivity contribution in [2.45, 2.75) is 19.9 Å². The number of rotatable bonds is 3. The summed E-state index contributed by atoms with van der Waals surface area (Å²) < 4.78 is 0. The quantitative estimate of drug-likeness (QED) is 0.839. The van der Waals surface area contributed by atoms with E-state index in [4.69, 9.17) is 17.3 Å². The van der Waals surface area contributed by atoms with Crippen LogP contribution < -0.4 is 11.1 Å². The molecule has 0 aliphatic heterocycles. The van der Waals surface area contributed by atoms with E-state index in [9.17, 15) is 0 Å². The Labute approximate surface area is 109 Å². The maximum absolute atomic E-state index is 5.82. The number of halogens is 1. The average molecular weight is 269 g/mol. The summed E-state index contributed by atoms with van der Waals surface area (Å²) in [6.07, 6.45) is 0. The van der Waals surface area contributed by atoms with Gasteiger partial charge in [-0.25, -0.2) is 4.98 Å². The second kappa shape index (κ2) is 4.89. The molecule has 1 atom stereocenters. The van der Waals surface area contributed by atoms with Crippen LogP contribution in [-0.4, -0.2) is 9.97 Å². The summed E-state index contributed by atoms with van der Waals surface area (Å²) in [6.45, 7) is 4.15. The molecule has 0 radical (unpaired) electrons. The van der Waals surface area contributed by atoms with Crippen LogP contribution in [0.25, 0.3) is 0 Å². The van der Waals surface area contributed by atoms with Crippen LogP contribution in [0.2, 0.25) is 5.15 Å². The number of aromatic nitrogens is 2. The van der Waals surface area contributed by atoms with Gasteiger partial charge < -0.3 is 11.1 Å². The van der Waals surface area contributed by atoms with E-state index in [0.29, 0.717) is 11.0 Å². The molecular formula is C11H13ClN4S. The summed E-state index contributed by atoms with van der Waals surface area (Å²) in [5, 5.41) is 3.59. The average Bonchev–Trinajstić information content (AvgIpc) is 2.63. The highest BCUT2D eigenvalue weighted by Crippen LogP contribution is 2.25. The molecule has 2 aromatic heterocycles. The van der Waals surface area contributed by atoms with E-state index >= 15 is 0 Å². The van der Waals surface area contributed by atoms with E-state index in [2.05, 4.69) is 41.3 Å². The minimum absolute atomic E-state index is 0.166. The van der Waals surface area contributed by atoms with E-state index < -0.39 is 0 Å². The van der Waals surface area contributed by atoms with Crippen LogP contribution in [0, 0.1) is 6.92 Å². The topological polar surface area (TPSA) is 63.8 Å². The minimum Gasteiger partial charge on any atom is -0.368 e. The van der Waals surface area contributed by atoms with Crippen LogP contribution in [0.15, 0.2) is 18.2 Å². The molecule has 3 N–H and O–H groups in total. The van der Waals surface area contributed by atoms with Crippen molar-refractivity contribution >= 4 is 34.7 Å². The van der Waals surface area contributed by atoms with E-state index in [1.807, 2.05) is 0 Å². The van der Waals surface area contributed by atoms with Crippen LogP contribution in [0.1, 0.15) is 22.7 Å². The lowest BCUT2D eigenvalue weighted by atomic mass is 10.2. The Morgan fingerprint density at radius 3 is 2.76 bits per heavy atom. The van der Waals surface area contributed by atoms with Crippen molar-refractivity contribution < 1.29 is 0 Å². The highest BCUT2D eigenvalue weighted by molar-refractivity contribution is 7.12. The number of nitrogen functional groups attached to an aromatic ring is 1. The molecule has 6 heteroatoms. The van der Waals surface area contributed by atoms with E-state index in [-0.39, 0.29) is 12.0 Å². The standard InChI is InChI=1S/C11H13ClN4S/c1-6-3-4-8(17-6)7(2)14-10-5-9(12)15-11(13)16-10/h3-5,7H,1-2H3,(H3,13,14,15,16).